The van der Waals surface area contributed by atoms with Crippen LogP contribution in [0.1, 0.15) is 21.5 Å². The highest BCUT2D eigenvalue weighted by Gasteiger charge is 2.21. The number of carboxylic acid groups (broad SMARTS) is 1. The van der Waals surface area contributed by atoms with Crippen LogP contribution >= 0.6 is 0 Å². The van der Waals surface area contributed by atoms with Crippen LogP contribution in [0.4, 0.5) is 0 Å². The number of aryl methyl sites for hydroxylation is 1. The number of fused-ring (bicyclic) bond motifs is 1. The summed E-state index contributed by atoms with van der Waals surface area (Å²) in [6.07, 6.45) is 0.245. The van der Waals surface area contributed by atoms with Gasteiger partial charge in [0.25, 0.3) is 5.91 Å². The Bertz CT molecular complexity index is 916. The smallest absolute Gasteiger partial charge is 0.326 e. The van der Waals surface area contributed by atoms with Gasteiger partial charge in [-0.25, -0.2) is 4.79 Å². The molecule has 1 unspecified atom stereocenters. The Labute approximate surface area is 146 Å². The van der Waals surface area contributed by atoms with Crippen LogP contribution in [0.5, 0.6) is 0 Å². The third-order valence-corrected chi connectivity index (χ3v) is 4.18. The number of carboxylic acids is 1. The summed E-state index contributed by atoms with van der Waals surface area (Å²) in [6.45, 7) is 1.97. The molecule has 126 valence electrons. The number of aliphatic carboxylic acids is 1. The number of benzene rings is 3. The Morgan fingerprint density at radius 1 is 0.960 bits per heavy atom. The van der Waals surface area contributed by atoms with Crippen molar-refractivity contribution >= 4 is 22.6 Å². The van der Waals surface area contributed by atoms with E-state index < -0.39 is 12.0 Å². The molecule has 0 spiro atoms. The third kappa shape index (κ3) is 4.04. The molecule has 0 aliphatic carbocycles. The second kappa shape index (κ2) is 7.18. The van der Waals surface area contributed by atoms with Crippen LogP contribution in [-0.2, 0) is 11.2 Å². The van der Waals surface area contributed by atoms with Gasteiger partial charge in [-0.3, -0.25) is 4.79 Å². The molecule has 0 bridgehead atoms. The zero-order valence-electron chi connectivity index (χ0n) is 13.9. The minimum Gasteiger partial charge on any atom is -0.480 e. The van der Waals surface area contributed by atoms with Crippen LogP contribution < -0.4 is 5.32 Å². The van der Waals surface area contributed by atoms with E-state index >= 15 is 0 Å². The first-order valence-corrected chi connectivity index (χ1v) is 8.11. The van der Waals surface area contributed by atoms with Gasteiger partial charge in [-0.2, -0.15) is 0 Å². The van der Waals surface area contributed by atoms with Gasteiger partial charge in [0.1, 0.15) is 6.04 Å². The number of hydrogen-bond acceptors (Lipinski definition) is 2. The van der Waals surface area contributed by atoms with E-state index in [1.807, 2.05) is 61.5 Å². The fraction of sp³-hybridized carbons (Fsp3) is 0.143. The number of nitrogens with one attached hydrogen (secondary N) is 1. The summed E-state index contributed by atoms with van der Waals surface area (Å²) >= 11 is 0. The van der Waals surface area contributed by atoms with E-state index in [0.29, 0.717) is 5.56 Å². The van der Waals surface area contributed by atoms with E-state index in [9.17, 15) is 14.7 Å². The van der Waals surface area contributed by atoms with E-state index in [-0.39, 0.29) is 12.3 Å². The standard InChI is InChI=1S/C21H19NO3/c1-14-6-8-15(9-7-14)12-19(21(24)25)22-20(23)18-11-10-16-4-2-3-5-17(16)13-18/h2-11,13,19H,12H2,1H3,(H,22,23)(H,24,25). The molecule has 3 aromatic carbocycles. The van der Waals surface area contributed by atoms with Gasteiger partial charge in [-0.15, -0.1) is 0 Å². The molecule has 0 saturated heterocycles. The fourth-order valence-corrected chi connectivity index (χ4v) is 2.73. The van der Waals surface area contributed by atoms with E-state index in [0.717, 1.165) is 21.9 Å². The third-order valence-electron chi connectivity index (χ3n) is 4.18. The molecule has 25 heavy (non-hydrogen) atoms. The van der Waals surface area contributed by atoms with Crippen LogP contribution in [0.3, 0.4) is 0 Å². The summed E-state index contributed by atoms with van der Waals surface area (Å²) in [5, 5.41) is 14.0. The maximum atomic E-state index is 12.5. The molecule has 1 amide bonds. The SMILES string of the molecule is Cc1ccc(CC(NC(=O)c2ccc3ccccc3c2)C(=O)O)cc1. The second-order valence-corrected chi connectivity index (χ2v) is 6.12. The molecule has 4 heteroatoms. The highest BCUT2D eigenvalue weighted by Crippen LogP contribution is 2.16. The van der Waals surface area contributed by atoms with Gasteiger partial charge in [0.15, 0.2) is 0 Å². The van der Waals surface area contributed by atoms with Gasteiger partial charge in [0.2, 0.25) is 0 Å². The lowest BCUT2D eigenvalue weighted by molar-refractivity contribution is -0.139. The van der Waals surface area contributed by atoms with Crippen molar-refractivity contribution in [1.29, 1.82) is 0 Å². The summed E-state index contributed by atoms with van der Waals surface area (Å²) in [5.41, 5.74) is 2.43. The van der Waals surface area contributed by atoms with Crippen molar-refractivity contribution in [1.82, 2.24) is 5.32 Å². The van der Waals surface area contributed by atoms with Gasteiger partial charge in [0, 0.05) is 12.0 Å². The Balaban J connectivity index is 1.77. The average molecular weight is 333 g/mol. The van der Waals surface area contributed by atoms with E-state index in [2.05, 4.69) is 5.32 Å². The second-order valence-electron chi connectivity index (χ2n) is 6.12. The summed E-state index contributed by atoms with van der Waals surface area (Å²) in [4.78, 5) is 24.0. The van der Waals surface area contributed by atoms with Crippen LogP contribution in [0, 0.1) is 6.92 Å². The molecule has 2 N–H and O–H groups in total. The van der Waals surface area contributed by atoms with Crippen molar-refractivity contribution in [2.24, 2.45) is 0 Å². The molecule has 0 aromatic heterocycles. The van der Waals surface area contributed by atoms with Gasteiger partial charge in [0.05, 0.1) is 0 Å². The zero-order valence-corrected chi connectivity index (χ0v) is 13.9. The van der Waals surface area contributed by atoms with Crippen LogP contribution in [0.25, 0.3) is 10.8 Å². The van der Waals surface area contributed by atoms with Gasteiger partial charge in [-0.1, -0.05) is 60.2 Å². The van der Waals surface area contributed by atoms with E-state index in [1.165, 1.54) is 0 Å². The van der Waals surface area contributed by atoms with Crippen molar-refractivity contribution in [2.45, 2.75) is 19.4 Å². The zero-order chi connectivity index (χ0) is 17.8. The Kier molecular flexibility index (Phi) is 4.80. The lowest BCUT2D eigenvalue weighted by Crippen LogP contribution is -2.42. The lowest BCUT2D eigenvalue weighted by atomic mass is 10.0. The molecule has 4 nitrogen and oxygen atoms in total. The monoisotopic (exact) mass is 333 g/mol. The first-order valence-electron chi connectivity index (χ1n) is 8.11. The van der Waals surface area contributed by atoms with Crippen LogP contribution in [-0.4, -0.2) is 23.0 Å². The number of carbonyl (C=O) groups excluding carboxylic acids is 1. The van der Waals surface area contributed by atoms with Crippen molar-refractivity contribution < 1.29 is 14.7 Å². The lowest BCUT2D eigenvalue weighted by Gasteiger charge is -2.15. The Morgan fingerprint density at radius 2 is 1.64 bits per heavy atom. The summed E-state index contributed by atoms with van der Waals surface area (Å²) in [6, 6.07) is 19.7. The van der Waals surface area contributed by atoms with E-state index in [1.54, 1.807) is 12.1 Å². The molecule has 0 aliphatic rings. The molecule has 1 atom stereocenters. The van der Waals surface area contributed by atoms with E-state index in [4.69, 9.17) is 0 Å². The topological polar surface area (TPSA) is 66.4 Å². The maximum absolute atomic E-state index is 12.5. The van der Waals surface area contributed by atoms with Crippen LogP contribution in [0.15, 0.2) is 66.7 Å². The Hall–Kier alpha value is -3.14. The molecule has 0 saturated carbocycles. The molecular weight excluding hydrogens is 314 g/mol. The maximum Gasteiger partial charge on any atom is 0.326 e. The largest absolute Gasteiger partial charge is 0.480 e. The number of carbonyl (C=O) groups is 2. The molecular formula is C21H19NO3. The predicted molar refractivity (Wildman–Crippen MR) is 97.7 cm³/mol. The first-order chi connectivity index (χ1) is 12.0. The van der Waals surface area contributed by atoms with Crippen LogP contribution in [0.2, 0.25) is 0 Å². The number of rotatable bonds is 5. The quantitative estimate of drug-likeness (QED) is 0.750. The Morgan fingerprint density at radius 3 is 2.32 bits per heavy atom. The van der Waals surface area contributed by atoms with Gasteiger partial charge in [-0.05, 0) is 35.4 Å². The molecule has 3 aromatic rings. The molecule has 3 rings (SSSR count). The van der Waals surface area contributed by atoms with Crippen molar-refractivity contribution in [2.75, 3.05) is 0 Å². The average Bonchev–Trinajstić information content (AvgIpc) is 2.62. The summed E-state index contributed by atoms with van der Waals surface area (Å²) in [5.74, 6) is -1.43. The summed E-state index contributed by atoms with van der Waals surface area (Å²) in [7, 11) is 0. The molecule has 0 heterocycles. The van der Waals surface area contributed by atoms with Crippen molar-refractivity contribution in [3.05, 3.63) is 83.4 Å². The number of hydrogen-bond donors (Lipinski definition) is 2. The summed E-state index contributed by atoms with van der Waals surface area (Å²) < 4.78 is 0. The number of amides is 1. The highest BCUT2D eigenvalue weighted by molar-refractivity contribution is 6.00. The molecule has 0 fully saturated rings. The van der Waals surface area contributed by atoms with Gasteiger partial charge >= 0.3 is 5.97 Å². The minimum atomic E-state index is -1.05. The first kappa shape index (κ1) is 16.7. The minimum absolute atomic E-state index is 0.245. The van der Waals surface area contributed by atoms with Crippen molar-refractivity contribution in [3.63, 3.8) is 0 Å². The fourth-order valence-electron chi connectivity index (χ4n) is 2.73. The normalized spacial score (nSPS) is 11.9. The predicted octanol–water partition coefficient (Wildman–Crippen LogP) is 3.57. The van der Waals surface area contributed by atoms with Crippen molar-refractivity contribution in [3.8, 4) is 0 Å². The molecule has 0 aliphatic heterocycles. The highest BCUT2D eigenvalue weighted by atomic mass is 16.4. The molecule has 0 radical (unpaired) electrons. The van der Waals surface area contributed by atoms with Gasteiger partial charge < -0.3 is 10.4 Å².